The number of allylic oxidation sites excluding steroid dienone is 2. The van der Waals surface area contributed by atoms with E-state index in [9.17, 15) is 18.0 Å². The Balaban J connectivity index is 2.21. The van der Waals surface area contributed by atoms with E-state index >= 15 is 0 Å². The van der Waals surface area contributed by atoms with Crippen molar-refractivity contribution in [1.82, 2.24) is 5.48 Å². The fourth-order valence-electron chi connectivity index (χ4n) is 2.87. The third-order valence-electron chi connectivity index (χ3n) is 4.96. The first-order chi connectivity index (χ1) is 12.5. The van der Waals surface area contributed by atoms with Crippen molar-refractivity contribution in [3.8, 4) is 0 Å². The van der Waals surface area contributed by atoms with Crippen LogP contribution >= 0.6 is 0 Å². The molecule has 27 heavy (non-hydrogen) atoms. The fourth-order valence-corrected chi connectivity index (χ4v) is 3.75. The molecule has 0 aliphatic carbocycles. The van der Waals surface area contributed by atoms with Crippen LogP contribution in [0.5, 0.6) is 0 Å². The number of hydroxylamine groups is 1. The summed E-state index contributed by atoms with van der Waals surface area (Å²) in [4.78, 5) is 25.5. The van der Waals surface area contributed by atoms with Crippen LogP contribution in [0.1, 0.15) is 32.8 Å². The van der Waals surface area contributed by atoms with Crippen molar-refractivity contribution in [2.75, 3.05) is 17.7 Å². The first-order valence-electron chi connectivity index (χ1n) is 8.39. The molecular weight excluding hydrogens is 372 g/mol. The molecule has 0 saturated carbocycles. The zero-order chi connectivity index (χ0) is 20.4. The molecule has 1 saturated heterocycles. The molecule has 9 heteroatoms. The summed E-state index contributed by atoms with van der Waals surface area (Å²) in [6.45, 7) is 5.21. The van der Waals surface area contributed by atoms with Gasteiger partial charge in [0.25, 0.3) is 5.91 Å². The number of cyclic esters (lactones) is 1. The van der Waals surface area contributed by atoms with Gasteiger partial charge in [0.2, 0.25) is 0 Å². The lowest BCUT2D eigenvalue weighted by atomic mass is 10.0. The molecule has 2 unspecified atom stereocenters. The van der Waals surface area contributed by atoms with Gasteiger partial charge in [-0.25, -0.2) is 18.7 Å². The van der Waals surface area contributed by atoms with E-state index in [0.29, 0.717) is 5.69 Å². The lowest BCUT2D eigenvalue weighted by molar-refractivity contribution is -0.132. The van der Waals surface area contributed by atoms with E-state index in [-0.39, 0.29) is 13.0 Å². The van der Waals surface area contributed by atoms with Gasteiger partial charge >= 0.3 is 6.09 Å². The van der Waals surface area contributed by atoms with Gasteiger partial charge in [0.05, 0.1) is 6.54 Å². The summed E-state index contributed by atoms with van der Waals surface area (Å²) in [5.74, 6) is -1.06. The third kappa shape index (κ3) is 4.14. The first-order valence-corrected chi connectivity index (χ1v) is 10.3. The minimum absolute atomic E-state index is 0.102. The molecule has 2 amide bonds. The van der Waals surface area contributed by atoms with E-state index in [0.717, 1.165) is 17.4 Å². The van der Waals surface area contributed by atoms with Crippen LogP contribution in [-0.4, -0.2) is 49.3 Å². The number of hydrogen-bond donors (Lipinski definition) is 2. The fraction of sp³-hybridized carbons (Fsp3) is 0.444. The van der Waals surface area contributed by atoms with E-state index in [4.69, 9.17) is 9.94 Å². The molecule has 1 aromatic rings. The lowest BCUT2D eigenvalue weighted by Crippen LogP contribution is -2.51. The molecule has 2 N–H and O–H groups in total. The average Bonchev–Trinajstić information content (AvgIpc) is 2.99. The molecule has 1 aromatic carbocycles. The highest BCUT2D eigenvalue weighted by atomic mass is 32.2. The molecule has 1 aliphatic heterocycles. The highest BCUT2D eigenvalue weighted by Gasteiger charge is 2.48. The molecule has 2 rings (SSSR count). The van der Waals surface area contributed by atoms with E-state index in [2.05, 4.69) is 0 Å². The van der Waals surface area contributed by atoms with Crippen molar-refractivity contribution in [3.05, 3.63) is 35.9 Å². The second kappa shape index (κ2) is 7.69. The maximum atomic E-state index is 12.2. The zero-order valence-corrected chi connectivity index (χ0v) is 16.5. The molecule has 0 aromatic heterocycles. The summed E-state index contributed by atoms with van der Waals surface area (Å²) in [5.41, 5.74) is 4.12. The minimum Gasteiger partial charge on any atom is -0.444 e. The molecule has 1 aliphatic rings. The van der Waals surface area contributed by atoms with Gasteiger partial charge in [0.15, 0.2) is 14.6 Å². The largest absolute Gasteiger partial charge is 0.444 e. The monoisotopic (exact) mass is 396 g/mol. The van der Waals surface area contributed by atoms with Crippen molar-refractivity contribution in [2.24, 2.45) is 0 Å². The predicted octanol–water partition coefficient (Wildman–Crippen LogP) is 2.13. The summed E-state index contributed by atoms with van der Waals surface area (Å²) >= 11 is 0. The van der Waals surface area contributed by atoms with Crippen LogP contribution in [0.3, 0.4) is 0 Å². The second-order valence-corrected chi connectivity index (χ2v) is 9.23. The Morgan fingerprint density at radius 1 is 1.41 bits per heavy atom. The normalized spacial score (nSPS) is 20.2. The smallest absolute Gasteiger partial charge is 0.414 e. The first kappa shape index (κ1) is 20.9. The van der Waals surface area contributed by atoms with E-state index < -0.39 is 32.7 Å². The van der Waals surface area contributed by atoms with Gasteiger partial charge in [-0.15, -0.1) is 0 Å². The number of carbonyl (C=O) groups is 2. The summed E-state index contributed by atoms with van der Waals surface area (Å²) in [6.07, 6.45) is 1.19. The van der Waals surface area contributed by atoms with Crippen molar-refractivity contribution >= 4 is 33.1 Å². The molecule has 1 heterocycles. The highest BCUT2D eigenvalue weighted by Crippen LogP contribution is 2.30. The number of anilines is 1. The Morgan fingerprint density at radius 3 is 2.48 bits per heavy atom. The van der Waals surface area contributed by atoms with Gasteiger partial charge in [-0.2, -0.15) is 0 Å². The molecule has 8 nitrogen and oxygen atoms in total. The molecular formula is C18H24N2O6S. The maximum Gasteiger partial charge on any atom is 0.414 e. The Labute approximate surface area is 158 Å². The number of nitrogens with one attached hydrogen (secondary N) is 1. The number of hydrogen-bond acceptors (Lipinski definition) is 6. The topological polar surface area (TPSA) is 113 Å². The number of carbonyl (C=O) groups excluding carboxylic acids is 2. The zero-order valence-electron chi connectivity index (χ0n) is 15.7. The lowest BCUT2D eigenvalue weighted by Gasteiger charge is -2.26. The van der Waals surface area contributed by atoms with Gasteiger partial charge in [0.1, 0.15) is 6.10 Å². The van der Waals surface area contributed by atoms with Crippen LogP contribution in [0.25, 0.3) is 5.57 Å². The third-order valence-corrected chi connectivity index (χ3v) is 6.95. The predicted molar refractivity (Wildman–Crippen MR) is 101 cm³/mol. The van der Waals surface area contributed by atoms with Crippen molar-refractivity contribution < 1.29 is 28.0 Å². The number of nitrogens with zero attached hydrogens (tertiary/aromatic N) is 1. The molecule has 0 spiro atoms. The Bertz CT molecular complexity index is 862. The van der Waals surface area contributed by atoms with Gasteiger partial charge in [0, 0.05) is 18.4 Å². The number of ether oxygens (including phenoxy) is 1. The van der Waals surface area contributed by atoms with Crippen LogP contribution < -0.4 is 10.4 Å². The Morgan fingerprint density at radius 2 is 2.00 bits per heavy atom. The van der Waals surface area contributed by atoms with E-state index in [1.807, 2.05) is 32.1 Å². The standard InChI is InChI=1S/C18H24N2O6S/c1-5-12(2)13-6-8-14(9-7-13)20-11-15(26-17(20)22)10-18(3,16(21)19-23)27(4,24)25/h5-9,15,23H,10-11H2,1-4H3,(H,19,21). The summed E-state index contributed by atoms with van der Waals surface area (Å²) < 4.78 is 27.5. The minimum atomic E-state index is -3.87. The van der Waals surface area contributed by atoms with Crippen LogP contribution in [0, 0.1) is 0 Å². The number of amides is 2. The van der Waals surface area contributed by atoms with Gasteiger partial charge in [-0.05, 0) is 44.0 Å². The Hall–Kier alpha value is -2.39. The second-order valence-electron chi connectivity index (χ2n) is 6.78. The van der Waals surface area contributed by atoms with Gasteiger partial charge < -0.3 is 4.74 Å². The van der Waals surface area contributed by atoms with Crippen LogP contribution in [0.4, 0.5) is 10.5 Å². The number of benzene rings is 1. The SMILES string of the molecule is CC=C(C)c1ccc(N2CC(CC(C)(C(=O)NO)S(C)(=O)=O)OC2=O)cc1. The van der Waals surface area contributed by atoms with Gasteiger partial charge in [-0.1, -0.05) is 18.2 Å². The summed E-state index contributed by atoms with van der Waals surface area (Å²) in [5, 5.41) is 8.89. The van der Waals surface area contributed by atoms with Crippen LogP contribution in [0.15, 0.2) is 30.3 Å². The van der Waals surface area contributed by atoms with Crippen LogP contribution in [-0.2, 0) is 19.4 Å². The van der Waals surface area contributed by atoms with Crippen molar-refractivity contribution in [1.29, 1.82) is 0 Å². The van der Waals surface area contributed by atoms with Crippen molar-refractivity contribution in [3.63, 3.8) is 0 Å². The molecule has 0 radical (unpaired) electrons. The van der Waals surface area contributed by atoms with E-state index in [1.54, 1.807) is 12.1 Å². The molecule has 1 fully saturated rings. The van der Waals surface area contributed by atoms with Crippen LogP contribution in [0.2, 0.25) is 0 Å². The quantitative estimate of drug-likeness (QED) is 0.563. The summed E-state index contributed by atoms with van der Waals surface area (Å²) in [7, 11) is -3.87. The Kier molecular flexibility index (Phi) is 5.96. The van der Waals surface area contributed by atoms with Gasteiger partial charge in [-0.3, -0.25) is 14.9 Å². The highest BCUT2D eigenvalue weighted by molar-refractivity contribution is 7.92. The molecule has 2 atom stereocenters. The number of rotatable bonds is 6. The average molecular weight is 396 g/mol. The van der Waals surface area contributed by atoms with E-state index in [1.165, 1.54) is 17.3 Å². The molecule has 0 bridgehead atoms. The van der Waals surface area contributed by atoms with Crippen molar-refractivity contribution in [2.45, 2.75) is 38.0 Å². The molecule has 148 valence electrons. The number of sulfone groups is 1. The summed E-state index contributed by atoms with van der Waals surface area (Å²) in [6, 6.07) is 7.32. The maximum absolute atomic E-state index is 12.2.